The number of carbonyl (C=O) groups is 2. The van der Waals surface area contributed by atoms with Crippen molar-refractivity contribution in [2.24, 2.45) is 0 Å². The lowest BCUT2D eigenvalue weighted by Crippen LogP contribution is -2.27. The van der Waals surface area contributed by atoms with Crippen LogP contribution < -0.4 is 5.32 Å². The first-order valence-corrected chi connectivity index (χ1v) is 8.68. The summed E-state index contributed by atoms with van der Waals surface area (Å²) >= 11 is 6.27. The number of halogens is 1. The van der Waals surface area contributed by atoms with Crippen LogP contribution in [0.15, 0.2) is 24.5 Å². The molecule has 0 aliphatic carbocycles. The van der Waals surface area contributed by atoms with Crippen LogP contribution in [-0.4, -0.2) is 42.4 Å². The maximum Gasteiger partial charge on any atom is 0.417 e. The molecule has 1 amide bonds. The molecular formula is C18H18ClN5O4. The molecule has 10 heteroatoms. The number of fused-ring (bicyclic) bond motifs is 1. The molecule has 0 fully saturated rings. The summed E-state index contributed by atoms with van der Waals surface area (Å²) in [7, 11) is 0. The predicted octanol–water partition coefficient (Wildman–Crippen LogP) is 4.33. The molecule has 28 heavy (non-hydrogen) atoms. The molecule has 3 heterocycles. The number of ether oxygens (including phenoxy) is 1. The molecule has 0 aromatic carbocycles. The Labute approximate surface area is 165 Å². The standard InChI is InChI=1S/C18H18ClN5O4/c1-9-21-14(19)13-11(8-24(17(26)27)15(13)22-9)10-5-6-20-12(7-10)23-16(25)28-18(2,3)4/h5-8H,1-4H3,(H,26,27)(H,20,23,25). The van der Waals surface area contributed by atoms with Crippen molar-refractivity contribution in [2.45, 2.75) is 33.3 Å². The maximum atomic E-state index is 12.0. The fourth-order valence-electron chi connectivity index (χ4n) is 2.62. The molecule has 0 atom stereocenters. The summed E-state index contributed by atoms with van der Waals surface area (Å²) in [5, 5.41) is 12.6. The van der Waals surface area contributed by atoms with E-state index in [9.17, 15) is 14.7 Å². The average Bonchev–Trinajstić information content (AvgIpc) is 2.93. The lowest BCUT2D eigenvalue weighted by atomic mass is 10.1. The Hall–Kier alpha value is -3.20. The van der Waals surface area contributed by atoms with Gasteiger partial charge in [0.2, 0.25) is 0 Å². The molecule has 0 unspecified atom stereocenters. The van der Waals surface area contributed by atoms with E-state index in [-0.39, 0.29) is 16.6 Å². The molecule has 146 valence electrons. The normalized spacial score (nSPS) is 11.5. The molecule has 0 saturated carbocycles. The molecule has 0 radical (unpaired) electrons. The Morgan fingerprint density at radius 1 is 1.29 bits per heavy atom. The lowest BCUT2D eigenvalue weighted by molar-refractivity contribution is 0.0635. The number of nitrogens with zero attached hydrogens (tertiary/aromatic N) is 4. The minimum Gasteiger partial charge on any atom is -0.464 e. The van der Waals surface area contributed by atoms with Gasteiger partial charge in [0.25, 0.3) is 0 Å². The van der Waals surface area contributed by atoms with Gasteiger partial charge in [0.15, 0.2) is 5.65 Å². The number of carboxylic acid groups (broad SMARTS) is 1. The van der Waals surface area contributed by atoms with Gasteiger partial charge in [-0.15, -0.1) is 0 Å². The Morgan fingerprint density at radius 2 is 2.00 bits per heavy atom. The van der Waals surface area contributed by atoms with Gasteiger partial charge in [-0.3, -0.25) is 5.32 Å². The number of anilines is 1. The zero-order valence-electron chi connectivity index (χ0n) is 15.6. The van der Waals surface area contributed by atoms with Crippen molar-refractivity contribution in [3.05, 3.63) is 35.5 Å². The molecule has 3 rings (SSSR count). The van der Waals surface area contributed by atoms with Crippen molar-refractivity contribution in [1.29, 1.82) is 0 Å². The minimum atomic E-state index is -1.20. The summed E-state index contributed by atoms with van der Waals surface area (Å²) in [6.45, 7) is 6.88. The first-order valence-electron chi connectivity index (χ1n) is 8.30. The number of nitrogens with one attached hydrogen (secondary N) is 1. The molecule has 2 N–H and O–H groups in total. The number of amides is 1. The van der Waals surface area contributed by atoms with Gasteiger partial charge in [0.1, 0.15) is 22.4 Å². The van der Waals surface area contributed by atoms with E-state index in [1.54, 1.807) is 39.8 Å². The van der Waals surface area contributed by atoms with E-state index < -0.39 is 17.8 Å². The minimum absolute atomic E-state index is 0.135. The average molecular weight is 404 g/mol. The van der Waals surface area contributed by atoms with Crippen LogP contribution in [0.2, 0.25) is 5.15 Å². The number of aromatic nitrogens is 4. The smallest absolute Gasteiger partial charge is 0.417 e. The van der Waals surface area contributed by atoms with Crippen molar-refractivity contribution in [3.8, 4) is 11.1 Å². The van der Waals surface area contributed by atoms with Gasteiger partial charge in [0.05, 0.1) is 5.39 Å². The van der Waals surface area contributed by atoms with Crippen molar-refractivity contribution < 1.29 is 19.4 Å². The van der Waals surface area contributed by atoms with E-state index in [4.69, 9.17) is 16.3 Å². The van der Waals surface area contributed by atoms with Gasteiger partial charge in [0, 0.05) is 18.0 Å². The zero-order chi connectivity index (χ0) is 20.6. The predicted molar refractivity (Wildman–Crippen MR) is 104 cm³/mol. The summed E-state index contributed by atoms with van der Waals surface area (Å²) in [4.78, 5) is 36.0. The molecule has 0 aliphatic rings. The fourth-order valence-corrected chi connectivity index (χ4v) is 2.93. The third-order valence-electron chi connectivity index (χ3n) is 3.62. The quantitative estimate of drug-likeness (QED) is 0.611. The fraction of sp³-hybridized carbons (Fsp3) is 0.278. The van der Waals surface area contributed by atoms with Crippen LogP contribution in [0.25, 0.3) is 22.2 Å². The van der Waals surface area contributed by atoms with Crippen molar-refractivity contribution in [2.75, 3.05) is 5.32 Å². The highest BCUT2D eigenvalue weighted by atomic mass is 35.5. The monoisotopic (exact) mass is 403 g/mol. The molecule has 0 saturated heterocycles. The molecule has 0 spiro atoms. The SMILES string of the molecule is Cc1nc(Cl)c2c(-c3ccnc(NC(=O)OC(C)(C)C)c3)cn(C(=O)O)c2n1. The van der Waals surface area contributed by atoms with E-state index in [2.05, 4.69) is 20.3 Å². The molecule has 0 aliphatic heterocycles. The molecular weight excluding hydrogens is 386 g/mol. The van der Waals surface area contributed by atoms with Crippen molar-refractivity contribution >= 4 is 40.6 Å². The first kappa shape index (κ1) is 19.6. The van der Waals surface area contributed by atoms with E-state index in [1.165, 1.54) is 12.4 Å². The molecule has 0 bridgehead atoms. The Morgan fingerprint density at radius 3 is 2.64 bits per heavy atom. The van der Waals surface area contributed by atoms with E-state index >= 15 is 0 Å². The Bertz CT molecular complexity index is 1090. The van der Waals surface area contributed by atoms with Gasteiger partial charge in [-0.1, -0.05) is 11.6 Å². The van der Waals surface area contributed by atoms with E-state index in [1.807, 2.05) is 0 Å². The van der Waals surface area contributed by atoms with Gasteiger partial charge in [-0.25, -0.2) is 29.1 Å². The Balaban J connectivity index is 2.06. The van der Waals surface area contributed by atoms with Crippen LogP contribution in [0.1, 0.15) is 26.6 Å². The highest BCUT2D eigenvalue weighted by Crippen LogP contribution is 2.34. The summed E-state index contributed by atoms with van der Waals surface area (Å²) in [5.41, 5.74) is 0.607. The third kappa shape index (κ3) is 4.04. The second-order valence-electron chi connectivity index (χ2n) is 7.01. The second-order valence-corrected chi connectivity index (χ2v) is 7.37. The largest absolute Gasteiger partial charge is 0.464 e. The van der Waals surface area contributed by atoms with E-state index in [0.29, 0.717) is 22.3 Å². The number of aryl methyl sites for hydroxylation is 1. The number of pyridine rings is 1. The number of hydrogen-bond acceptors (Lipinski definition) is 6. The number of hydrogen-bond donors (Lipinski definition) is 2. The van der Waals surface area contributed by atoms with Crippen LogP contribution in [0.3, 0.4) is 0 Å². The molecule has 3 aromatic rings. The maximum absolute atomic E-state index is 12.0. The highest BCUT2D eigenvalue weighted by molar-refractivity contribution is 6.35. The van der Waals surface area contributed by atoms with Gasteiger partial charge in [-0.05, 0) is 45.4 Å². The summed E-state index contributed by atoms with van der Waals surface area (Å²) in [5.74, 6) is 0.596. The van der Waals surface area contributed by atoms with Crippen molar-refractivity contribution in [3.63, 3.8) is 0 Å². The van der Waals surface area contributed by atoms with E-state index in [0.717, 1.165) is 4.57 Å². The van der Waals surface area contributed by atoms with Crippen LogP contribution in [0, 0.1) is 6.92 Å². The topological polar surface area (TPSA) is 119 Å². The highest BCUT2D eigenvalue weighted by Gasteiger charge is 2.21. The van der Waals surface area contributed by atoms with Gasteiger partial charge < -0.3 is 9.84 Å². The number of carbonyl (C=O) groups excluding carboxylic acids is 1. The summed E-state index contributed by atoms with van der Waals surface area (Å²) < 4.78 is 6.19. The lowest BCUT2D eigenvalue weighted by Gasteiger charge is -2.19. The number of rotatable bonds is 2. The van der Waals surface area contributed by atoms with Crippen LogP contribution >= 0.6 is 11.6 Å². The van der Waals surface area contributed by atoms with Gasteiger partial charge in [-0.2, -0.15) is 0 Å². The summed E-state index contributed by atoms with van der Waals surface area (Å²) in [6.07, 6.45) is 1.03. The Kier molecular flexibility index (Phi) is 4.95. The van der Waals surface area contributed by atoms with Crippen molar-refractivity contribution in [1.82, 2.24) is 19.5 Å². The molecule has 9 nitrogen and oxygen atoms in total. The zero-order valence-corrected chi connectivity index (χ0v) is 16.4. The van der Waals surface area contributed by atoms with Gasteiger partial charge >= 0.3 is 12.2 Å². The summed E-state index contributed by atoms with van der Waals surface area (Å²) in [6, 6.07) is 3.25. The molecule has 3 aromatic heterocycles. The first-order chi connectivity index (χ1) is 13.0. The third-order valence-corrected chi connectivity index (χ3v) is 3.89. The van der Waals surface area contributed by atoms with Crippen LogP contribution in [-0.2, 0) is 4.74 Å². The van der Waals surface area contributed by atoms with Crippen LogP contribution in [0.4, 0.5) is 15.4 Å². The second kappa shape index (κ2) is 7.08. The van der Waals surface area contributed by atoms with Crippen LogP contribution in [0.5, 0.6) is 0 Å².